The molecule has 4 rings (SSSR count). The predicted molar refractivity (Wildman–Crippen MR) is 202 cm³/mol. The molecular weight excluding hydrogens is 560 g/mol. The van der Waals surface area contributed by atoms with E-state index in [4.69, 9.17) is 0 Å². The number of nitrogens with one attached hydrogen (secondary N) is 4. The minimum Gasteiger partial charge on any atom is -0.386 e. The molecule has 0 unspecified atom stereocenters. The molecule has 0 spiro atoms. The van der Waals surface area contributed by atoms with Crippen LogP contribution >= 0.6 is 0 Å². The van der Waals surface area contributed by atoms with Gasteiger partial charge in [-0.2, -0.15) is 0 Å². The molecule has 0 heterocycles. The van der Waals surface area contributed by atoms with Crippen LogP contribution in [0.5, 0.6) is 0 Å². The minimum absolute atomic E-state index is 0.450. The smallest absolute Gasteiger partial charge is 0.0580 e. The van der Waals surface area contributed by atoms with Gasteiger partial charge in [-0.1, -0.05) is 128 Å². The second kappa shape index (κ2) is 17.1. The van der Waals surface area contributed by atoms with Crippen LogP contribution in [0.15, 0.2) is 108 Å². The molecule has 0 radical (unpaired) electrons. The van der Waals surface area contributed by atoms with Crippen LogP contribution in [0.4, 0.5) is 11.4 Å². The molecule has 0 saturated carbocycles. The number of rotatable bonds is 15. The van der Waals surface area contributed by atoms with E-state index in [-0.39, 0.29) is 0 Å². The van der Waals surface area contributed by atoms with Gasteiger partial charge < -0.3 is 21.3 Å². The Bertz CT molecular complexity index is 1440. The lowest BCUT2D eigenvalue weighted by Crippen LogP contribution is -2.22. The maximum Gasteiger partial charge on any atom is 0.0580 e. The Hall–Kier alpha value is -3.92. The molecule has 2 aliphatic rings. The molecule has 0 amide bonds. The van der Waals surface area contributed by atoms with Crippen molar-refractivity contribution in [3.63, 3.8) is 0 Å². The van der Waals surface area contributed by atoms with E-state index in [2.05, 4.69) is 162 Å². The summed E-state index contributed by atoms with van der Waals surface area (Å²) in [6, 6.07) is 13.5. The van der Waals surface area contributed by atoms with Crippen molar-refractivity contribution in [2.45, 2.75) is 105 Å². The number of hydrogen-bond donors (Lipinski definition) is 4. The van der Waals surface area contributed by atoms with Crippen LogP contribution in [-0.2, 0) is 0 Å². The molecule has 46 heavy (non-hydrogen) atoms. The third kappa shape index (κ3) is 9.31. The fourth-order valence-electron chi connectivity index (χ4n) is 6.21. The summed E-state index contributed by atoms with van der Waals surface area (Å²) in [7, 11) is 0. The van der Waals surface area contributed by atoms with Gasteiger partial charge in [0.25, 0.3) is 0 Å². The van der Waals surface area contributed by atoms with Gasteiger partial charge in [0.05, 0.1) is 11.4 Å². The maximum absolute atomic E-state index is 3.89. The molecule has 2 aromatic carbocycles. The molecule has 0 bridgehead atoms. The lowest BCUT2D eigenvalue weighted by molar-refractivity contribution is 0.641. The SMILES string of the molecule is CC(C)c1cccc(C(C)C)c1NC1=C(NCCCCNC2=C(Nc3c(C(C)C)cccc3C(C)C)CC=CC=C2)CC=CC=C1. The average Bonchev–Trinajstić information content (AvgIpc) is 3.38. The van der Waals surface area contributed by atoms with Gasteiger partial charge in [0.2, 0.25) is 0 Å². The van der Waals surface area contributed by atoms with Crippen molar-refractivity contribution >= 4 is 11.4 Å². The van der Waals surface area contributed by atoms with Crippen molar-refractivity contribution in [2.75, 3.05) is 23.7 Å². The standard InChI is InChI=1S/C42H58N4/c1-29(2)33-19-17-20-34(30(3)4)41(33)45-39-25-13-9-11-23-37(39)43-27-15-16-28-44-38-24-12-10-14-26-40(38)46-42-35(31(5)6)21-18-22-36(42)32(7)8/h9-14,17-23,26,29-32,43-46H,15-16,24-25,27-28H2,1-8H3. The Morgan fingerprint density at radius 2 is 0.935 bits per heavy atom. The van der Waals surface area contributed by atoms with Gasteiger partial charge in [-0.3, -0.25) is 0 Å². The lowest BCUT2D eigenvalue weighted by Gasteiger charge is -2.23. The van der Waals surface area contributed by atoms with Crippen molar-refractivity contribution in [1.82, 2.24) is 10.6 Å². The minimum atomic E-state index is 0.450. The zero-order valence-corrected chi connectivity index (χ0v) is 29.6. The van der Waals surface area contributed by atoms with E-state index >= 15 is 0 Å². The molecule has 4 nitrogen and oxygen atoms in total. The highest BCUT2D eigenvalue weighted by atomic mass is 15.0. The fourth-order valence-corrected chi connectivity index (χ4v) is 6.21. The van der Waals surface area contributed by atoms with E-state index in [1.807, 2.05) is 0 Å². The highest BCUT2D eigenvalue weighted by Crippen LogP contribution is 2.35. The van der Waals surface area contributed by atoms with Crippen LogP contribution in [0.2, 0.25) is 0 Å². The van der Waals surface area contributed by atoms with Crippen LogP contribution < -0.4 is 21.3 Å². The number of para-hydroxylation sites is 2. The first-order valence-electron chi connectivity index (χ1n) is 17.6. The summed E-state index contributed by atoms with van der Waals surface area (Å²) in [6.45, 7) is 20.1. The maximum atomic E-state index is 3.89. The van der Waals surface area contributed by atoms with Crippen molar-refractivity contribution in [3.05, 3.63) is 130 Å². The summed E-state index contributed by atoms with van der Waals surface area (Å²) in [6.07, 6.45) is 21.4. The first kappa shape index (κ1) is 34.9. The molecule has 0 aromatic heterocycles. The normalized spacial score (nSPS) is 15.0. The summed E-state index contributed by atoms with van der Waals surface area (Å²) >= 11 is 0. The zero-order valence-electron chi connectivity index (χ0n) is 29.6. The van der Waals surface area contributed by atoms with Gasteiger partial charge >= 0.3 is 0 Å². The van der Waals surface area contributed by atoms with Crippen molar-refractivity contribution in [3.8, 4) is 0 Å². The molecule has 246 valence electrons. The van der Waals surface area contributed by atoms with E-state index in [0.29, 0.717) is 23.7 Å². The topological polar surface area (TPSA) is 48.1 Å². The Morgan fingerprint density at radius 1 is 0.500 bits per heavy atom. The molecule has 4 N–H and O–H groups in total. The lowest BCUT2D eigenvalue weighted by atomic mass is 9.92. The van der Waals surface area contributed by atoms with Crippen molar-refractivity contribution < 1.29 is 0 Å². The highest BCUT2D eigenvalue weighted by molar-refractivity contribution is 5.65. The summed E-state index contributed by atoms with van der Waals surface area (Å²) in [4.78, 5) is 0. The molecule has 2 aromatic rings. The van der Waals surface area contributed by atoms with Crippen LogP contribution in [0.3, 0.4) is 0 Å². The second-order valence-electron chi connectivity index (χ2n) is 13.8. The highest BCUT2D eigenvalue weighted by Gasteiger charge is 2.18. The van der Waals surface area contributed by atoms with Gasteiger partial charge in [-0.05, 0) is 70.9 Å². The quantitative estimate of drug-likeness (QED) is 0.150. The van der Waals surface area contributed by atoms with E-state index in [1.54, 1.807) is 0 Å². The van der Waals surface area contributed by atoms with Gasteiger partial charge in [-0.25, -0.2) is 0 Å². The van der Waals surface area contributed by atoms with Gasteiger partial charge in [0.1, 0.15) is 0 Å². The Kier molecular flexibility index (Phi) is 13.0. The van der Waals surface area contributed by atoms with E-state index in [0.717, 1.165) is 44.5 Å². The van der Waals surface area contributed by atoms with Crippen molar-refractivity contribution in [2.24, 2.45) is 0 Å². The monoisotopic (exact) mass is 618 g/mol. The molecule has 0 fully saturated rings. The van der Waals surface area contributed by atoms with Gasteiger partial charge in [-0.15, -0.1) is 0 Å². The summed E-state index contributed by atoms with van der Waals surface area (Å²) in [5.74, 6) is 1.81. The Balaban J connectivity index is 1.41. The summed E-state index contributed by atoms with van der Waals surface area (Å²) in [5, 5.41) is 15.3. The van der Waals surface area contributed by atoms with Crippen molar-refractivity contribution in [1.29, 1.82) is 0 Å². The second-order valence-corrected chi connectivity index (χ2v) is 13.8. The molecule has 4 heteroatoms. The summed E-state index contributed by atoms with van der Waals surface area (Å²) < 4.78 is 0. The largest absolute Gasteiger partial charge is 0.386 e. The molecule has 2 aliphatic carbocycles. The number of unbranched alkanes of at least 4 members (excludes halogenated alkanes) is 1. The van der Waals surface area contributed by atoms with E-state index in [1.165, 1.54) is 50.7 Å². The first-order valence-corrected chi connectivity index (χ1v) is 17.6. The molecular formula is C42H58N4. The first-order chi connectivity index (χ1) is 22.2. The Morgan fingerprint density at radius 3 is 1.43 bits per heavy atom. The van der Waals surface area contributed by atoms with E-state index < -0.39 is 0 Å². The third-order valence-corrected chi connectivity index (χ3v) is 8.85. The summed E-state index contributed by atoms with van der Waals surface area (Å²) in [5.41, 5.74) is 12.9. The predicted octanol–water partition coefficient (Wildman–Crippen LogP) is 11.1. The fraction of sp³-hybridized carbons (Fsp3) is 0.429. The van der Waals surface area contributed by atoms with Crippen LogP contribution in [0.1, 0.15) is 127 Å². The molecule has 0 aliphatic heterocycles. The van der Waals surface area contributed by atoms with Crippen LogP contribution in [-0.4, -0.2) is 13.1 Å². The Labute approximate surface area is 279 Å². The number of benzene rings is 2. The third-order valence-electron chi connectivity index (χ3n) is 8.85. The van der Waals surface area contributed by atoms with Crippen LogP contribution in [0.25, 0.3) is 0 Å². The average molecular weight is 619 g/mol. The number of anilines is 2. The number of hydrogen-bond acceptors (Lipinski definition) is 4. The molecule has 0 atom stereocenters. The molecule has 0 saturated heterocycles. The van der Waals surface area contributed by atoms with E-state index in [9.17, 15) is 0 Å². The zero-order chi connectivity index (χ0) is 33.1. The van der Waals surface area contributed by atoms with Crippen LogP contribution in [0, 0.1) is 0 Å². The van der Waals surface area contributed by atoms with Gasteiger partial charge in [0.15, 0.2) is 0 Å². The number of allylic oxidation sites excluding steroid dienone is 8. The van der Waals surface area contributed by atoms with Gasteiger partial charge in [0, 0.05) is 48.7 Å².